The first-order valence-corrected chi connectivity index (χ1v) is 9.89. The van der Waals surface area contributed by atoms with E-state index < -0.39 is 23.9 Å². The number of benzene rings is 3. The SMILES string of the molecule is C=CC(=O)Oc1ccc(C(=O)O)cc1.C=CC(=O)Oc1ccc(C(=O)O)cc1.Oc1ccc(O)cc1. The molecular weight excluding hydrogens is 472 g/mol. The second-order valence-corrected chi connectivity index (χ2v) is 6.43. The third-order valence-electron chi connectivity index (χ3n) is 3.82. The molecule has 0 bridgehead atoms. The van der Waals surface area contributed by atoms with E-state index in [0.29, 0.717) is 11.5 Å². The number of carboxylic acids is 2. The van der Waals surface area contributed by atoms with Gasteiger partial charge in [0.15, 0.2) is 0 Å². The lowest BCUT2D eigenvalue weighted by molar-refractivity contribution is -0.129. The van der Waals surface area contributed by atoms with Crippen molar-refractivity contribution in [2.45, 2.75) is 0 Å². The summed E-state index contributed by atoms with van der Waals surface area (Å²) < 4.78 is 9.50. The van der Waals surface area contributed by atoms with Gasteiger partial charge in [-0.1, -0.05) is 13.2 Å². The number of phenols is 2. The van der Waals surface area contributed by atoms with Crippen molar-refractivity contribution in [1.82, 2.24) is 0 Å². The molecule has 3 rings (SSSR count). The molecule has 3 aromatic carbocycles. The zero-order valence-corrected chi connectivity index (χ0v) is 18.7. The molecule has 0 unspecified atom stereocenters. The Balaban J connectivity index is 0.000000281. The van der Waals surface area contributed by atoms with Crippen molar-refractivity contribution < 1.29 is 49.1 Å². The molecule has 10 heteroatoms. The van der Waals surface area contributed by atoms with E-state index in [-0.39, 0.29) is 22.6 Å². The number of carbonyl (C=O) groups excluding carboxylic acids is 2. The molecule has 0 saturated heterocycles. The molecule has 0 radical (unpaired) electrons. The summed E-state index contributed by atoms with van der Waals surface area (Å²) in [6, 6.07) is 16.8. The van der Waals surface area contributed by atoms with Crippen molar-refractivity contribution >= 4 is 23.9 Å². The van der Waals surface area contributed by atoms with Crippen molar-refractivity contribution in [3.63, 3.8) is 0 Å². The Hall–Kier alpha value is -5.38. The van der Waals surface area contributed by atoms with Crippen LogP contribution in [0, 0.1) is 0 Å². The van der Waals surface area contributed by atoms with Crippen molar-refractivity contribution in [3.05, 3.63) is 109 Å². The van der Waals surface area contributed by atoms with Gasteiger partial charge in [0, 0.05) is 12.2 Å². The summed E-state index contributed by atoms with van der Waals surface area (Å²) in [5, 5.41) is 34.5. The molecule has 4 N–H and O–H groups in total. The van der Waals surface area contributed by atoms with E-state index in [0.717, 1.165) is 12.2 Å². The standard InChI is InChI=1S/2C10H8O4.C6H6O2/c2*1-2-9(11)14-8-5-3-7(4-6-8)10(12)13;7-5-1-2-6(8)4-3-5/h2*2-6H,1H2,(H,12,13);1-4,7-8H. The second-order valence-electron chi connectivity index (χ2n) is 6.43. The zero-order chi connectivity index (χ0) is 27.1. The smallest absolute Gasteiger partial charge is 0.335 e. The fraction of sp³-hybridized carbons (Fsp3) is 0. The molecule has 0 fully saturated rings. The van der Waals surface area contributed by atoms with Gasteiger partial charge in [-0.05, 0) is 72.8 Å². The number of esters is 2. The van der Waals surface area contributed by atoms with Crippen LogP contribution in [0.2, 0.25) is 0 Å². The molecule has 0 aliphatic carbocycles. The predicted octanol–water partition coefficient (Wildman–Crippen LogP) is 4.05. The zero-order valence-electron chi connectivity index (χ0n) is 18.7. The second kappa shape index (κ2) is 14.7. The van der Waals surface area contributed by atoms with Gasteiger partial charge in [0.05, 0.1) is 11.1 Å². The first-order chi connectivity index (χ1) is 17.0. The van der Waals surface area contributed by atoms with Crippen LogP contribution in [-0.4, -0.2) is 44.3 Å². The molecular formula is C26H22O10. The van der Waals surface area contributed by atoms with E-state index >= 15 is 0 Å². The number of carboxylic acid groups (broad SMARTS) is 2. The Morgan fingerprint density at radius 3 is 1.06 bits per heavy atom. The number of aromatic carboxylic acids is 2. The fourth-order valence-electron chi connectivity index (χ4n) is 2.10. The Bertz CT molecular complexity index is 1100. The first-order valence-electron chi connectivity index (χ1n) is 9.89. The summed E-state index contributed by atoms with van der Waals surface area (Å²) in [4.78, 5) is 42.4. The van der Waals surface area contributed by atoms with Gasteiger partial charge in [-0.15, -0.1) is 0 Å². The lowest BCUT2D eigenvalue weighted by atomic mass is 10.2. The topological polar surface area (TPSA) is 168 Å². The highest BCUT2D eigenvalue weighted by molar-refractivity contribution is 5.88. The third kappa shape index (κ3) is 11.0. The van der Waals surface area contributed by atoms with Gasteiger partial charge in [0.1, 0.15) is 23.0 Å². The highest BCUT2D eigenvalue weighted by atomic mass is 16.5. The highest BCUT2D eigenvalue weighted by Crippen LogP contribution is 2.14. The van der Waals surface area contributed by atoms with Gasteiger partial charge in [-0.2, -0.15) is 0 Å². The molecule has 0 amide bonds. The van der Waals surface area contributed by atoms with E-state index in [2.05, 4.69) is 13.2 Å². The molecule has 0 heterocycles. The van der Waals surface area contributed by atoms with Gasteiger partial charge < -0.3 is 29.9 Å². The quantitative estimate of drug-likeness (QED) is 0.170. The number of rotatable bonds is 6. The predicted molar refractivity (Wildman–Crippen MR) is 128 cm³/mol. The van der Waals surface area contributed by atoms with Crippen molar-refractivity contribution in [1.29, 1.82) is 0 Å². The number of hydrogen-bond donors (Lipinski definition) is 4. The van der Waals surface area contributed by atoms with Gasteiger partial charge in [-0.3, -0.25) is 0 Å². The normalized spacial score (nSPS) is 9.11. The van der Waals surface area contributed by atoms with Crippen molar-refractivity contribution in [2.24, 2.45) is 0 Å². The highest BCUT2D eigenvalue weighted by Gasteiger charge is 2.04. The molecule has 0 atom stereocenters. The van der Waals surface area contributed by atoms with Gasteiger partial charge in [0.2, 0.25) is 0 Å². The van der Waals surface area contributed by atoms with E-state index in [4.69, 9.17) is 29.9 Å². The van der Waals surface area contributed by atoms with Crippen LogP contribution in [0.5, 0.6) is 23.0 Å². The van der Waals surface area contributed by atoms with Crippen LogP contribution >= 0.6 is 0 Å². The Morgan fingerprint density at radius 1 is 0.556 bits per heavy atom. The van der Waals surface area contributed by atoms with E-state index in [1.54, 1.807) is 0 Å². The molecule has 0 aliphatic rings. The first kappa shape index (κ1) is 28.7. The number of carbonyl (C=O) groups is 4. The lowest BCUT2D eigenvalue weighted by Crippen LogP contribution is -2.03. The largest absolute Gasteiger partial charge is 0.508 e. The summed E-state index contributed by atoms with van der Waals surface area (Å²) in [6.45, 7) is 6.47. The minimum Gasteiger partial charge on any atom is -0.508 e. The van der Waals surface area contributed by atoms with Crippen LogP contribution in [0.15, 0.2) is 98.1 Å². The fourth-order valence-corrected chi connectivity index (χ4v) is 2.10. The molecule has 10 nitrogen and oxygen atoms in total. The Kier molecular flexibility index (Phi) is 11.7. The average molecular weight is 494 g/mol. The molecule has 0 spiro atoms. The van der Waals surface area contributed by atoms with E-state index in [1.165, 1.54) is 72.8 Å². The number of aromatic hydroxyl groups is 2. The van der Waals surface area contributed by atoms with Crippen LogP contribution in [-0.2, 0) is 9.59 Å². The molecule has 36 heavy (non-hydrogen) atoms. The van der Waals surface area contributed by atoms with Crippen LogP contribution in [0.25, 0.3) is 0 Å². The molecule has 0 aromatic heterocycles. The maximum atomic E-state index is 10.7. The monoisotopic (exact) mass is 494 g/mol. The Morgan fingerprint density at radius 2 is 0.833 bits per heavy atom. The van der Waals surface area contributed by atoms with E-state index in [1.807, 2.05) is 0 Å². The van der Waals surface area contributed by atoms with Crippen LogP contribution in [0.3, 0.4) is 0 Å². The van der Waals surface area contributed by atoms with Crippen LogP contribution in [0.1, 0.15) is 20.7 Å². The number of ether oxygens (including phenoxy) is 2. The van der Waals surface area contributed by atoms with Crippen LogP contribution < -0.4 is 9.47 Å². The molecule has 3 aromatic rings. The number of phenolic OH excluding ortho intramolecular Hbond substituents is 2. The third-order valence-corrected chi connectivity index (χ3v) is 3.82. The Labute approximate surface area is 205 Å². The summed E-state index contributed by atoms with van der Waals surface area (Å²) in [5.41, 5.74) is 0.284. The van der Waals surface area contributed by atoms with E-state index in [9.17, 15) is 19.2 Å². The van der Waals surface area contributed by atoms with Crippen molar-refractivity contribution in [3.8, 4) is 23.0 Å². The van der Waals surface area contributed by atoms with Crippen LogP contribution in [0.4, 0.5) is 0 Å². The molecule has 186 valence electrons. The summed E-state index contributed by atoms with van der Waals surface area (Å²) in [5.74, 6) is -2.27. The lowest BCUT2D eigenvalue weighted by Gasteiger charge is -2.00. The average Bonchev–Trinajstić information content (AvgIpc) is 2.87. The molecule has 0 aliphatic heterocycles. The summed E-state index contributed by atoms with van der Waals surface area (Å²) >= 11 is 0. The maximum Gasteiger partial charge on any atom is 0.335 e. The number of hydrogen-bond acceptors (Lipinski definition) is 8. The minimum atomic E-state index is -1.02. The minimum absolute atomic E-state index is 0.142. The van der Waals surface area contributed by atoms with Gasteiger partial charge >= 0.3 is 23.9 Å². The summed E-state index contributed by atoms with van der Waals surface area (Å²) in [7, 11) is 0. The van der Waals surface area contributed by atoms with Crippen molar-refractivity contribution in [2.75, 3.05) is 0 Å². The molecule has 0 saturated carbocycles. The van der Waals surface area contributed by atoms with Gasteiger partial charge in [-0.25, -0.2) is 19.2 Å². The summed E-state index contributed by atoms with van der Waals surface area (Å²) in [6.07, 6.45) is 2.07. The van der Waals surface area contributed by atoms with Gasteiger partial charge in [0.25, 0.3) is 0 Å². The maximum absolute atomic E-state index is 10.7.